The SMILES string of the molecule is CCNc1cccc(OCC2CC=CCC2C)c1[N+](=O)[O-]. The molecule has 0 bridgehead atoms. The van der Waals surface area contributed by atoms with Gasteiger partial charge in [-0.1, -0.05) is 25.1 Å². The summed E-state index contributed by atoms with van der Waals surface area (Å²) in [5.41, 5.74) is 0.537. The predicted molar refractivity (Wildman–Crippen MR) is 83.8 cm³/mol. The van der Waals surface area contributed by atoms with Gasteiger partial charge in [-0.15, -0.1) is 0 Å². The monoisotopic (exact) mass is 290 g/mol. The molecule has 0 heterocycles. The lowest BCUT2D eigenvalue weighted by Gasteiger charge is -2.25. The summed E-state index contributed by atoms with van der Waals surface area (Å²) in [6.07, 6.45) is 6.38. The summed E-state index contributed by atoms with van der Waals surface area (Å²) in [5, 5.41) is 14.3. The zero-order valence-corrected chi connectivity index (χ0v) is 12.5. The molecule has 0 amide bonds. The van der Waals surface area contributed by atoms with Crippen LogP contribution in [-0.2, 0) is 0 Å². The molecule has 0 spiro atoms. The highest BCUT2D eigenvalue weighted by molar-refractivity contribution is 5.68. The van der Waals surface area contributed by atoms with Gasteiger partial charge in [0.05, 0.1) is 11.5 Å². The van der Waals surface area contributed by atoms with Crippen molar-refractivity contribution in [2.24, 2.45) is 11.8 Å². The van der Waals surface area contributed by atoms with E-state index in [4.69, 9.17) is 4.74 Å². The lowest BCUT2D eigenvalue weighted by Crippen LogP contribution is -2.21. The van der Waals surface area contributed by atoms with E-state index in [-0.39, 0.29) is 10.6 Å². The Morgan fingerprint density at radius 2 is 2.14 bits per heavy atom. The largest absolute Gasteiger partial charge is 0.486 e. The summed E-state index contributed by atoms with van der Waals surface area (Å²) in [5.74, 6) is 1.31. The molecule has 0 aromatic heterocycles. The Bertz CT molecular complexity index is 528. The highest BCUT2D eigenvalue weighted by Crippen LogP contribution is 2.35. The van der Waals surface area contributed by atoms with E-state index in [1.54, 1.807) is 18.2 Å². The summed E-state index contributed by atoms with van der Waals surface area (Å²) in [7, 11) is 0. The first-order valence-electron chi connectivity index (χ1n) is 7.42. The van der Waals surface area contributed by atoms with E-state index < -0.39 is 0 Å². The summed E-state index contributed by atoms with van der Waals surface area (Å²) in [6.45, 7) is 5.25. The minimum Gasteiger partial charge on any atom is -0.486 e. The van der Waals surface area contributed by atoms with Crippen LogP contribution in [0.15, 0.2) is 30.4 Å². The molecule has 1 aliphatic carbocycles. The van der Waals surface area contributed by atoms with Crippen LogP contribution >= 0.6 is 0 Å². The van der Waals surface area contributed by atoms with Crippen LogP contribution in [-0.4, -0.2) is 18.1 Å². The fourth-order valence-electron chi connectivity index (χ4n) is 2.60. The Balaban J connectivity index is 2.13. The van der Waals surface area contributed by atoms with Crippen LogP contribution in [0.4, 0.5) is 11.4 Å². The molecule has 114 valence electrons. The Kier molecular flexibility index (Phi) is 5.20. The van der Waals surface area contributed by atoms with Gasteiger partial charge < -0.3 is 10.1 Å². The number of rotatable bonds is 6. The number of nitrogens with one attached hydrogen (secondary N) is 1. The highest BCUT2D eigenvalue weighted by atomic mass is 16.6. The molecule has 1 N–H and O–H groups in total. The second-order valence-electron chi connectivity index (χ2n) is 5.43. The molecule has 0 aliphatic heterocycles. The van der Waals surface area contributed by atoms with Crippen molar-refractivity contribution in [1.82, 2.24) is 0 Å². The van der Waals surface area contributed by atoms with Crippen LogP contribution in [0.5, 0.6) is 5.75 Å². The fraction of sp³-hybridized carbons (Fsp3) is 0.500. The third-order valence-electron chi connectivity index (χ3n) is 3.92. The third kappa shape index (κ3) is 3.74. The molecule has 0 fully saturated rings. The molecule has 0 radical (unpaired) electrons. The number of hydrogen-bond acceptors (Lipinski definition) is 4. The quantitative estimate of drug-likeness (QED) is 0.488. The molecule has 5 nitrogen and oxygen atoms in total. The Labute approximate surface area is 125 Å². The molecule has 1 aromatic rings. The summed E-state index contributed by atoms with van der Waals surface area (Å²) in [4.78, 5) is 10.9. The molecule has 2 rings (SSSR count). The summed E-state index contributed by atoms with van der Waals surface area (Å²) >= 11 is 0. The van der Waals surface area contributed by atoms with Crippen LogP contribution in [0, 0.1) is 22.0 Å². The van der Waals surface area contributed by atoms with E-state index in [0.717, 1.165) is 12.8 Å². The topological polar surface area (TPSA) is 64.4 Å². The number of anilines is 1. The maximum Gasteiger partial charge on any atom is 0.333 e. The molecule has 1 aromatic carbocycles. The standard InChI is InChI=1S/C16H22N2O3/c1-3-17-14-9-6-10-15(16(14)18(19)20)21-11-13-8-5-4-7-12(13)2/h4-6,9-10,12-13,17H,3,7-8,11H2,1-2H3. The highest BCUT2D eigenvalue weighted by Gasteiger charge is 2.23. The number of allylic oxidation sites excluding steroid dienone is 2. The first-order valence-corrected chi connectivity index (χ1v) is 7.42. The molecule has 5 heteroatoms. The Morgan fingerprint density at radius 3 is 2.81 bits per heavy atom. The fourth-order valence-corrected chi connectivity index (χ4v) is 2.60. The average molecular weight is 290 g/mol. The number of benzene rings is 1. The van der Waals surface area contributed by atoms with Crippen LogP contribution in [0.2, 0.25) is 0 Å². The molecular weight excluding hydrogens is 268 g/mol. The van der Waals surface area contributed by atoms with Gasteiger partial charge in [-0.3, -0.25) is 10.1 Å². The molecule has 0 saturated carbocycles. The van der Waals surface area contributed by atoms with Crippen LogP contribution < -0.4 is 10.1 Å². The van der Waals surface area contributed by atoms with Crippen molar-refractivity contribution in [1.29, 1.82) is 0 Å². The number of nitro benzene ring substituents is 1. The minimum atomic E-state index is -0.377. The number of para-hydroxylation sites is 1. The molecular formula is C16H22N2O3. The molecule has 0 saturated heterocycles. The van der Waals surface area contributed by atoms with E-state index in [9.17, 15) is 10.1 Å². The average Bonchev–Trinajstić information content (AvgIpc) is 2.46. The van der Waals surface area contributed by atoms with Crippen LogP contribution in [0.1, 0.15) is 26.7 Å². The van der Waals surface area contributed by atoms with Crippen molar-refractivity contribution in [2.75, 3.05) is 18.5 Å². The van der Waals surface area contributed by atoms with Gasteiger partial charge in [0.15, 0.2) is 5.75 Å². The zero-order chi connectivity index (χ0) is 15.2. The molecule has 2 unspecified atom stereocenters. The van der Waals surface area contributed by atoms with Crippen molar-refractivity contribution in [3.63, 3.8) is 0 Å². The maximum atomic E-state index is 11.3. The van der Waals surface area contributed by atoms with E-state index in [2.05, 4.69) is 24.4 Å². The predicted octanol–water partition coefficient (Wildman–Crippen LogP) is 4.01. The Morgan fingerprint density at radius 1 is 1.38 bits per heavy atom. The smallest absolute Gasteiger partial charge is 0.333 e. The number of hydrogen-bond donors (Lipinski definition) is 1. The van der Waals surface area contributed by atoms with Gasteiger partial charge in [0.1, 0.15) is 5.69 Å². The van der Waals surface area contributed by atoms with Crippen LogP contribution in [0.3, 0.4) is 0 Å². The maximum absolute atomic E-state index is 11.3. The first-order chi connectivity index (χ1) is 10.1. The van der Waals surface area contributed by atoms with Crippen molar-refractivity contribution in [3.05, 3.63) is 40.5 Å². The lowest BCUT2D eigenvalue weighted by atomic mass is 9.85. The Hall–Kier alpha value is -2.04. The van der Waals surface area contributed by atoms with Crippen molar-refractivity contribution in [2.45, 2.75) is 26.7 Å². The molecule has 21 heavy (non-hydrogen) atoms. The van der Waals surface area contributed by atoms with Gasteiger partial charge >= 0.3 is 5.69 Å². The van der Waals surface area contributed by atoms with Gasteiger partial charge in [0, 0.05) is 6.54 Å². The summed E-state index contributed by atoms with van der Waals surface area (Å²) in [6, 6.07) is 5.16. The lowest BCUT2D eigenvalue weighted by molar-refractivity contribution is -0.385. The second kappa shape index (κ2) is 7.11. The number of ether oxygens (including phenoxy) is 1. The normalized spacial score (nSPS) is 21.0. The zero-order valence-electron chi connectivity index (χ0n) is 12.5. The van der Waals surface area contributed by atoms with E-state index in [1.165, 1.54) is 0 Å². The van der Waals surface area contributed by atoms with Crippen molar-refractivity contribution >= 4 is 11.4 Å². The number of nitro groups is 1. The molecule has 2 atom stereocenters. The minimum absolute atomic E-state index is 0.0263. The van der Waals surface area contributed by atoms with E-state index in [1.807, 2.05) is 6.92 Å². The van der Waals surface area contributed by atoms with E-state index in [0.29, 0.717) is 36.4 Å². The van der Waals surface area contributed by atoms with Crippen molar-refractivity contribution in [3.8, 4) is 5.75 Å². The number of nitrogens with zero attached hydrogens (tertiary/aromatic N) is 1. The third-order valence-corrected chi connectivity index (χ3v) is 3.92. The molecule has 1 aliphatic rings. The van der Waals surface area contributed by atoms with Gasteiger partial charge in [-0.2, -0.15) is 0 Å². The van der Waals surface area contributed by atoms with E-state index >= 15 is 0 Å². The van der Waals surface area contributed by atoms with Gasteiger partial charge in [-0.05, 0) is 43.7 Å². The van der Waals surface area contributed by atoms with Crippen molar-refractivity contribution < 1.29 is 9.66 Å². The second-order valence-corrected chi connectivity index (χ2v) is 5.43. The first kappa shape index (κ1) is 15.4. The van der Waals surface area contributed by atoms with Crippen LogP contribution in [0.25, 0.3) is 0 Å². The summed E-state index contributed by atoms with van der Waals surface area (Å²) < 4.78 is 5.78. The van der Waals surface area contributed by atoms with Gasteiger partial charge in [0.25, 0.3) is 0 Å². The van der Waals surface area contributed by atoms with Gasteiger partial charge in [-0.25, -0.2) is 0 Å². The van der Waals surface area contributed by atoms with Gasteiger partial charge in [0.2, 0.25) is 0 Å².